The van der Waals surface area contributed by atoms with Crippen molar-refractivity contribution in [3.63, 3.8) is 0 Å². The number of aromatic amines is 1. The number of amides is 1. The van der Waals surface area contributed by atoms with Gasteiger partial charge in [-0.1, -0.05) is 30.0 Å². The molecule has 1 saturated heterocycles. The Morgan fingerprint density at radius 1 is 1.14 bits per heavy atom. The standard InChI is InChI=1S/C27H33N5O2S/c33-24(29-27-11-17-8-18(12-27)10-19(9-17)13-27)16-35-26-31-30-25(32(26)15-20-4-3-7-34-20)22-14-28-23-6-2-1-5-21(22)23/h1-2,5-6,14,17-20,28H,3-4,7-13,15-16H2,(H,29,33). The highest BCUT2D eigenvalue weighted by molar-refractivity contribution is 7.99. The van der Waals surface area contributed by atoms with E-state index in [4.69, 9.17) is 4.74 Å². The predicted molar refractivity (Wildman–Crippen MR) is 136 cm³/mol. The smallest absolute Gasteiger partial charge is 0.230 e. The summed E-state index contributed by atoms with van der Waals surface area (Å²) >= 11 is 1.50. The van der Waals surface area contributed by atoms with E-state index < -0.39 is 0 Å². The Bertz CT molecular complexity index is 1210. The van der Waals surface area contributed by atoms with Crippen molar-refractivity contribution in [2.75, 3.05) is 12.4 Å². The van der Waals surface area contributed by atoms with Crippen LogP contribution in [0.2, 0.25) is 0 Å². The predicted octanol–water partition coefficient (Wildman–Crippen LogP) is 4.78. The molecule has 0 spiro atoms. The average molecular weight is 492 g/mol. The van der Waals surface area contributed by atoms with Crippen LogP contribution in [-0.2, 0) is 16.1 Å². The fraction of sp³-hybridized carbons (Fsp3) is 0.593. The third-order valence-electron chi connectivity index (χ3n) is 8.73. The number of benzene rings is 1. The summed E-state index contributed by atoms with van der Waals surface area (Å²) in [6, 6.07) is 8.26. The molecule has 5 aliphatic rings. The van der Waals surface area contributed by atoms with Gasteiger partial charge in [-0.3, -0.25) is 9.36 Å². The lowest BCUT2D eigenvalue weighted by Crippen LogP contribution is -2.60. The van der Waals surface area contributed by atoms with Gasteiger partial charge in [-0.05, 0) is 75.2 Å². The summed E-state index contributed by atoms with van der Waals surface area (Å²) in [5.41, 5.74) is 2.17. The number of nitrogens with zero attached hydrogens (tertiary/aromatic N) is 3. The molecule has 0 radical (unpaired) electrons. The monoisotopic (exact) mass is 491 g/mol. The highest BCUT2D eigenvalue weighted by Crippen LogP contribution is 2.55. The van der Waals surface area contributed by atoms with E-state index in [1.807, 2.05) is 18.3 Å². The zero-order chi connectivity index (χ0) is 23.4. The molecule has 2 N–H and O–H groups in total. The number of nitrogens with one attached hydrogen (secondary N) is 2. The summed E-state index contributed by atoms with van der Waals surface area (Å²) in [5, 5.41) is 14.6. The second-order valence-corrected chi connectivity index (χ2v) is 12.3. The van der Waals surface area contributed by atoms with Gasteiger partial charge < -0.3 is 15.0 Å². The molecule has 3 aromatic rings. The van der Waals surface area contributed by atoms with E-state index in [-0.39, 0.29) is 17.6 Å². The van der Waals surface area contributed by atoms with E-state index in [0.29, 0.717) is 12.3 Å². The lowest BCUT2D eigenvalue weighted by Gasteiger charge is -2.56. The quantitative estimate of drug-likeness (QED) is 0.465. The van der Waals surface area contributed by atoms with Gasteiger partial charge in [0.15, 0.2) is 11.0 Å². The van der Waals surface area contributed by atoms with Crippen molar-refractivity contribution >= 4 is 28.6 Å². The van der Waals surface area contributed by atoms with E-state index in [1.54, 1.807) is 0 Å². The Kier molecular flexibility index (Phi) is 5.42. The molecule has 8 heteroatoms. The molecule has 1 unspecified atom stereocenters. The van der Waals surface area contributed by atoms with Gasteiger partial charge in [-0.15, -0.1) is 10.2 Å². The van der Waals surface area contributed by atoms with Gasteiger partial charge in [0.1, 0.15) is 0 Å². The van der Waals surface area contributed by atoms with Crippen molar-refractivity contribution in [3.8, 4) is 11.4 Å². The summed E-state index contributed by atoms with van der Waals surface area (Å²) in [7, 11) is 0. The van der Waals surface area contributed by atoms with Crippen LogP contribution in [0.5, 0.6) is 0 Å². The van der Waals surface area contributed by atoms with Crippen LogP contribution in [0.15, 0.2) is 35.6 Å². The molecule has 2 aromatic heterocycles. The minimum absolute atomic E-state index is 0.0486. The molecule has 1 amide bonds. The van der Waals surface area contributed by atoms with Crippen LogP contribution in [-0.4, -0.2) is 49.7 Å². The van der Waals surface area contributed by atoms with E-state index >= 15 is 0 Å². The number of thioether (sulfide) groups is 1. The fourth-order valence-corrected chi connectivity index (χ4v) is 8.48. The first kappa shape index (κ1) is 21.9. The van der Waals surface area contributed by atoms with E-state index in [2.05, 4.69) is 37.2 Å². The van der Waals surface area contributed by atoms with Gasteiger partial charge in [-0.25, -0.2) is 0 Å². The molecule has 4 saturated carbocycles. The summed E-state index contributed by atoms with van der Waals surface area (Å²) in [4.78, 5) is 16.5. The van der Waals surface area contributed by atoms with E-state index in [1.165, 1.54) is 50.3 Å². The first-order chi connectivity index (χ1) is 17.1. The molecular weight excluding hydrogens is 458 g/mol. The molecule has 4 bridgehead atoms. The second kappa shape index (κ2) is 8.66. The van der Waals surface area contributed by atoms with Crippen LogP contribution in [0.3, 0.4) is 0 Å². The SMILES string of the molecule is O=C(CSc1nnc(-c2c[nH]c3ccccc23)n1CC1CCCO1)NC12CC3CC(CC(C3)C1)C2. The molecule has 184 valence electrons. The van der Waals surface area contributed by atoms with Crippen molar-refractivity contribution in [1.29, 1.82) is 0 Å². The molecule has 3 heterocycles. The third-order valence-corrected chi connectivity index (χ3v) is 9.70. The van der Waals surface area contributed by atoms with Crippen LogP contribution < -0.4 is 5.32 Å². The number of rotatable bonds is 7. The van der Waals surface area contributed by atoms with E-state index in [0.717, 1.165) is 64.6 Å². The first-order valence-electron chi connectivity index (χ1n) is 13.2. The number of para-hydroxylation sites is 1. The summed E-state index contributed by atoms with van der Waals surface area (Å²) in [6.07, 6.45) is 12.0. The zero-order valence-electron chi connectivity index (χ0n) is 20.0. The van der Waals surface area contributed by atoms with Crippen molar-refractivity contribution in [2.24, 2.45) is 17.8 Å². The van der Waals surface area contributed by atoms with Crippen LogP contribution in [0, 0.1) is 17.8 Å². The molecule has 1 aliphatic heterocycles. The van der Waals surface area contributed by atoms with Gasteiger partial charge in [-0.2, -0.15) is 0 Å². The Morgan fingerprint density at radius 3 is 2.66 bits per heavy atom. The third kappa shape index (κ3) is 4.08. The lowest BCUT2D eigenvalue weighted by atomic mass is 9.53. The maximum Gasteiger partial charge on any atom is 0.230 e. The zero-order valence-corrected chi connectivity index (χ0v) is 20.9. The minimum Gasteiger partial charge on any atom is -0.376 e. The number of carbonyl (C=O) groups excluding carboxylic acids is 1. The lowest BCUT2D eigenvalue weighted by molar-refractivity contribution is -0.124. The Labute approximate surface area is 209 Å². The van der Waals surface area contributed by atoms with Crippen LogP contribution in [0.25, 0.3) is 22.3 Å². The maximum atomic E-state index is 13.1. The number of hydrogen-bond donors (Lipinski definition) is 2. The molecule has 1 aromatic carbocycles. The number of aromatic nitrogens is 4. The maximum absolute atomic E-state index is 13.1. The largest absolute Gasteiger partial charge is 0.376 e. The molecule has 35 heavy (non-hydrogen) atoms. The number of fused-ring (bicyclic) bond motifs is 1. The highest BCUT2D eigenvalue weighted by atomic mass is 32.2. The van der Waals surface area contributed by atoms with Gasteiger partial charge in [0.25, 0.3) is 0 Å². The van der Waals surface area contributed by atoms with Crippen LogP contribution in [0.1, 0.15) is 51.4 Å². The average Bonchev–Trinajstić information content (AvgIpc) is 3.57. The van der Waals surface area contributed by atoms with Gasteiger partial charge in [0, 0.05) is 34.8 Å². The fourth-order valence-electron chi connectivity index (χ4n) is 7.73. The number of carbonyl (C=O) groups is 1. The Balaban J connectivity index is 1.11. The summed E-state index contributed by atoms with van der Waals surface area (Å²) < 4.78 is 8.11. The van der Waals surface area contributed by atoms with Gasteiger partial charge >= 0.3 is 0 Å². The van der Waals surface area contributed by atoms with Crippen molar-refractivity contribution < 1.29 is 9.53 Å². The summed E-state index contributed by atoms with van der Waals surface area (Å²) in [5.74, 6) is 3.81. The van der Waals surface area contributed by atoms with Crippen molar-refractivity contribution in [1.82, 2.24) is 25.1 Å². The van der Waals surface area contributed by atoms with E-state index in [9.17, 15) is 4.79 Å². The number of H-pyrrole nitrogens is 1. The first-order valence-corrected chi connectivity index (χ1v) is 14.2. The molecule has 8 rings (SSSR count). The molecule has 7 nitrogen and oxygen atoms in total. The van der Waals surface area contributed by atoms with Crippen LogP contribution >= 0.6 is 11.8 Å². The normalized spacial score (nSPS) is 31.4. The topological polar surface area (TPSA) is 84.8 Å². The summed E-state index contributed by atoms with van der Waals surface area (Å²) in [6.45, 7) is 1.52. The van der Waals surface area contributed by atoms with Gasteiger partial charge in [0.05, 0.1) is 18.4 Å². The molecular formula is C27H33N5O2S. The molecule has 1 atom stereocenters. The van der Waals surface area contributed by atoms with Crippen LogP contribution in [0.4, 0.5) is 0 Å². The number of hydrogen-bond acceptors (Lipinski definition) is 5. The molecule has 4 aliphatic carbocycles. The number of ether oxygens (including phenoxy) is 1. The molecule has 5 fully saturated rings. The Morgan fingerprint density at radius 2 is 1.91 bits per heavy atom. The van der Waals surface area contributed by atoms with Crippen molar-refractivity contribution in [2.45, 2.75) is 74.7 Å². The minimum atomic E-state index is 0.0486. The van der Waals surface area contributed by atoms with Gasteiger partial charge in [0.2, 0.25) is 5.91 Å². The van der Waals surface area contributed by atoms with Crippen molar-refractivity contribution in [3.05, 3.63) is 30.5 Å². The highest BCUT2D eigenvalue weighted by Gasteiger charge is 2.51. The Hall–Kier alpha value is -2.32. The second-order valence-electron chi connectivity index (χ2n) is 11.3.